The van der Waals surface area contributed by atoms with Gasteiger partial charge in [0.1, 0.15) is 0 Å². The summed E-state index contributed by atoms with van der Waals surface area (Å²) in [5.74, 6) is 0.0137. The largest absolute Gasteiger partial charge is 0.358 e. The number of benzene rings is 1. The molecule has 19 heavy (non-hydrogen) atoms. The number of nitrogens with one attached hydrogen (secondary N) is 2. The van der Waals surface area contributed by atoms with E-state index in [1.165, 1.54) is 16.0 Å². The van der Waals surface area contributed by atoms with Crippen molar-refractivity contribution < 1.29 is 4.79 Å². The summed E-state index contributed by atoms with van der Waals surface area (Å²) in [6.07, 6.45) is 0. The molecule has 0 saturated carbocycles. The zero-order valence-electron chi connectivity index (χ0n) is 11.1. The molecule has 0 aliphatic carbocycles. The van der Waals surface area contributed by atoms with Crippen LogP contribution in [0.2, 0.25) is 0 Å². The highest BCUT2D eigenvalue weighted by Crippen LogP contribution is 2.25. The average Bonchev–Trinajstić information content (AvgIpc) is 2.93. The number of carbonyl (C=O) groups is 1. The third-order valence-corrected chi connectivity index (χ3v) is 3.92. The van der Waals surface area contributed by atoms with Crippen molar-refractivity contribution in [1.82, 2.24) is 10.6 Å². The van der Waals surface area contributed by atoms with Gasteiger partial charge in [0.2, 0.25) is 5.91 Å². The number of rotatable bonds is 5. The molecule has 1 unspecified atom stereocenters. The van der Waals surface area contributed by atoms with Gasteiger partial charge in [-0.25, -0.2) is 0 Å². The maximum absolute atomic E-state index is 11.4. The van der Waals surface area contributed by atoms with Gasteiger partial charge in [0.15, 0.2) is 0 Å². The topological polar surface area (TPSA) is 41.1 Å². The van der Waals surface area contributed by atoms with Gasteiger partial charge in [-0.15, -0.1) is 11.3 Å². The molecule has 2 N–H and O–H groups in total. The van der Waals surface area contributed by atoms with Gasteiger partial charge in [0.05, 0.1) is 6.04 Å². The highest BCUT2D eigenvalue weighted by atomic mass is 32.1. The van der Waals surface area contributed by atoms with E-state index in [0.717, 1.165) is 0 Å². The van der Waals surface area contributed by atoms with Crippen LogP contribution in [0.15, 0.2) is 41.8 Å². The molecule has 1 aromatic heterocycles. The van der Waals surface area contributed by atoms with E-state index in [1.807, 2.05) is 25.1 Å². The Morgan fingerprint density at radius 3 is 2.68 bits per heavy atom. The summed E-state index contributed by atoms with van der Waals surface area (Å²) in [6, 6.07) is 12.3. The number of hydrogen-bond acceptors (Lipinski definition) is 3. The summed E-state index contributed by atoms with van der Waals surface area (Å²) >= 11 is 1.71. The summed E-state index contributed by atoms with van der Waals surface area (Å²) in [6.45, 7) is 2.58. The van der Waals surface area contributed by atoms with Crippen molar-refractivity contribution in [3.8, 4) is 11.1 Å². The molecule has 1 aromatic carbocycles. The van der Waals surface area contributed by atoms with Crippen LogP contribution in [0.4, 0.5) is 0 Å². The molecule has 4 heteroatoms. The fourth-order valence-electron chi connectivity index (χ4n) is 1.82. The summed E-state index contributed by atoms with van der Waals surface area (Å²) in [5, 5.41) is 8.00. The third-order valence-electron chi connectivity index (χ3n) is 2.98. The van der Waals surface area contributed by atoms with Gasteiger partial charge in [0.25, 0.3) is 0 Å². The highest BCUT2D eigenvalue weighted by Gasteiger charge is 2.10. The van der Waals surface area contributed by atoms with Crippen LogP contribution < -0.4 is 10.6 Å². The number of hydrogen-bond donors (Lipinski definition) is 2. The summed E-state index contributed by atoms with van der Waals surface area (Å²) < 4.78 is 0. The first-order chi connectivity index (χ1) is 9.20. The van der Waals surface area contributed by atoms with Gasteiger partial charge >= 0.3 is 0 Å². The minimum Gasteiger partial charge on any atom is -0.358 e. The molecule has 2 aromatic rings. The second-order valence-corrected chi connectivity index (χ2v) is 5.38. The molecule has 0 radical (unpaired) electrons. The van der Waals surface area contributed by atoms with Crippen LogP contribution in [0.1, 0.15) is 11.8 Å². The smallest absolute Gasteiger partial charge is 0.236 e. The van der Waals surface area contributed by atoms with Crippen LogP contribution in [0.25, 0.3) is 11.1 Å². The van der Waals surface area contributed by atoms with Crippen molar-refractivity contribution in [3.05, 3.63) is 46.7 Å². The maximum Gasteiger partial charge on any atom is 0.236 e. The fraction of sp³-hybridized carbons (Fsp3) is 0.267. The van der Waals surface area contributed by atoms with E-state index >= 15 is 0 Å². The monoisotopic (exact) mass is 274 g/mol. The van der Waals surface area contributed by atoms with Crippen LogP contribution in [-0.2, 0) is 11.3 Å². The maximum atomic E-state index is 11.4. The molecular formula is C15H18N2OS. The zero-order valence-corrected chi connectivity index (χ0v) is 12.0. The van der Waals surface area contributed by atoms with Crippen molar-refractivity contribution in [1.29, 1.82) is 0 Å². The van der Waals surface area contributed by atoms with Gasteiger partial charge in [0, 0.05) is 18.5 Å². The summed E-state index contributed by atoms with van der Waals surface area (Å²) in [5.41, 5.74) is 2.46. The van der Waals surface area contributed by atoms with Crippen molar-refractivity contribution in [2.75, 3.05) is 7.05 Å². The summed E-state index contributed by atoms with van der Waals surface area (Å²) in [7, 11) is 1.65. The zero-order chi connectivity index (χ0) is 13.7. The van der Waals surface area contributed by atoms with Gasteiger partial charge in [-0.05, 0) is 29.5 Å². The molecule has 100 valence electrons. The molecule has 3 nitrogen and oxygen atoms in total. The lowest BCUT2D eigenvalue weighted by molar-refractivity contribution is -0.122. The Balaban J connectivity index is 1.97. The van der Waals surface area contributed by atoms with E-state index < -0.39 is 0 Å². The molecule has 1 amide bonds. The lowest BCUT2D eigenvalue weighted by Gasteiger charge is -2.10. The molecule has 2 rings (SSSR count). The Labute approximate surface area is 117 Å². The minimum absolute atomic E-state index is 0.0137. The second kappa shape index (κ2) is 6.50. The van der Waals surface area contributed by atoms with Gasteiger partial charge in [-0.3, -0.25) is 4.79 Å². The minimum atomic E-state index is -0.174. The first kappa shape index (κ1) is 13.8. The van der Waals surface area contributed by atoms with E-state index in [1.54, 1.807) is 18.4 Å². The Morgan fingerprint density at radius 1 is 1.26 bits per heavy atom. The fourth-order valence-corrected chi connectivity index (χ4v) is 2.66. The number of likely N-dealkylation sites (N-methyl/N-ethyl adjacent to an activating group) is 1. The van der Waals surface area contributed by atoms with Gasteiger partial charge in [-0.1, -0.05) is 30.3 Å². The number of amides is 1. The molecule has 1 atom stereocenters. The first-order valence-corrected chi connectivity index (χ1v) is 7.16. The Hall–Kier alpha value is -1.65. The SMILES string of the molecule is CNC(=O)C(C)NCc1cc(-c2ccccc2)cs1. The van der Waals surface area contributed by atoms with Crippen LogP contribution in [0.5, 0.6) is 0 Å². The lowest BCUT2D eigenvalue weighted by Crippen LogP contribution is -2.40. The first-order valence-electron chi connectivity index (χ1n) is 6.28. The molecular weight excluding hydrogens is 256 g/mol. The molecule has 0 aliphatic rings. The van der Waals surface area contributed by atoms with Crippen molar-refractivity contribution >= 4 is 17.2 Å². The lowest BCUT2D eigenvalue weighted by atomic mass is 10.1. The molecule has 0 aliphatic heterocycles. The molecule has 0 spiro atoms. The Kier molecular flexibility index (Phi) is 4.71. The summed E-state index contributed by atoms with van der Waals surface area (Å²) in [4.78, 5) is 12.6. The Bertz CT molecular complexity index is 536. The van der Waals surface area contributed by atoms with E-state index in [4.69, 9.17) is 0 Å². The molecule has 0 saturated heterocycles. The van der Waals surface area contributed by atoms with Crippen molar-refractivity contribution in [2.24, 2.45) is 0 Å². The highest BCUT2D eigenvalue weighted by molar-refractivity contribution is 7.10. The Morgan fingerprint density at radius 2 is 2.00 bits per heavy atom. The predicted molar refractivity (Wildman–Crippen MR) is 80.1 cm³/mol. The van der Waals surface area contributed by atoms with Crippen LogP contribution in [0.3, 0.4) is 0 Å². The van der Waals surface area contributed by atoms with Gasteiger partial charge in [-0.2, -0.15) is 0 Å². The quantitative estimate of drug-likeness (QED) is 0.880. The van der Waals surface area contributed by atoms with Crippen molar-refractivity contribution in [2.45, 2.75) is 19.5 Å². The number of thiophene rings is 1. The average molecular weight is 274 g/mol. The second-order valence-electron chi connectivity index (χ2n) is 4.38. The van der Waals surface area contributed by atoms with Crippen LogP contribution in [0, 0.1) is 0 Å². The van der Waals surface area contributed by atoms with E-state index in [9.17, 15) is 4.79 Å². The van der Waals surface area contributed by atoms with Crippen LogP contribution >= 0.6 is 11.3 Å². The molecule has 0 bridgehead atoms. The predicted octanol–water partition coefficient (Wildman–Crippen LogP) is 2.64. The van der Waals surface area contributed by atoms with Crippen LogP contribution in [-0.4, -0.2) is 19.0 Å². The standard InChI is InChI=1S/C15H18N2OS/c1-11(15(18)16-2)17-9-14-8-13(10-19-14)12-6-4-3-5-7-12/h3-8,10-11,17H,9H2,1-2H3,(H,16,18). The van der Waals surface area contributed by atoms with Gasteiger partial charge < -0.3 is 10.6 Å². The van der Waals surface area contributed by atoms with E-state index in [0.29, 0.717) is 6.54 Å². The third kappa shape index (κ3) is 3.66. The molecule has 1 heterocycles. The van der Waals surface area contributed by atoms with E-state index in [2.05, 4.69) is 34.2 Å². The number of carbonyl (C=O) groups excluding carboxylic acids is 1. The molecule has 0 fully saturated rings. The van der Waals surface area contributed by atoms with E-state index in [-0.39, 0.29) is 11.9 Å². The van der Waals surface area contributed by atoms with Crippen molar-refractivity contribution in [3.63, 3.8) is 0 Å². The normalized spacial score (nSPS) is 12.1.